The van der Waals surface area contributed by atoms with Gasteiger partial charge >= 0.3 is 11.9 Å². The number of aliphatic carboxylic acids is 1. The van der Waals surface area contributed by atoms with Crippen LogP contribution in [0.1, 0.15) is 27.7 Å². The van der Waals surface area contributed by atoms with Gasteiger partial charge in [0.1, 0.15) is 11.7 Å². The monoisotopic (exact) mass is 433 g/mol. The molecule has 7 heteroatoms. The summed E-state index contributed by atoms with van der Waals surface area (Å²) in [6.07, 6.45) is 4.20. The predicted octanol–water partition coefficient (Wildman–Crippen LogP) is 3.33. The van der Waals surface area contributed by atoms with E-state index in [4.69, 9.17) is 0 Å². The number of carboxylic acid groups (broad SMARTS) is 2. The van der Waals surface area contributed by atoms with Gasteiger partial charge in [0.25, 0.3) is 0 Å². The molecule has 2 heterocycles. The zero-order valence-corrected chi connectivity index (χ0v) is 18.0. The first-order valence-electron chi connectivity index (χ1n) is 10.7. The Morgan fingerprint density at radius 3 is 2.28 bits per heavy atom. The Hall–Kier alpha value is -3.42. The first kappa shape index (κ1) is 21.8. The van der Waals surface area contributed by atoms with Crippen molar-refractivity contribution in [2.45, 2.75) is 6.04 Å². The number of piperazine rings is 1. The van der Waals surface area contributed by atoms with E-state index in [1.807, 2.05) is 41.3 Å². The van der Waals surface area contributed by atoms with E-state index in [9.17, 15) is 19.8 Å². The van der Waals surface area contributed by atoms with Crippen LogP contribution >= 0.6 is 0 Å². The summed E-state index contributed by atoms with van der Waals surface area (Å²) < 4.78 is 1.58. The number of benzene rings is 2. The fraction of sp³-hybridized carbons (Fsp3) is 0.280. The van der Waals surface area contributed by atoms with Crippen LogP contribution in [0.2, 0.25) is 0 Å². The van der Waals surface area contributed by atoms with Crippen molar-refractivity contribution in [2.75, 3.05) is 32.7 Å². The van der Waals surface area contributed by atoms with Crippen LogP contribution in [0.25, 0.3) is 17.0 Å². The van der Waals surface area contributed by atoms with Gasteiger partial charge in [0, 0.05) is 56.2 Å². The maximum atomic E-state index is 12.4. The molecule has 1 aromatic heterocycles. The van der Waals surface area contributed by atoms with Crippen molar-refractivity contribution in [3.63, 3.8) is 0 Å². The van der Waals surface area contributed by atoms with Gasteiger partial charge in [-0.1, -0.05) is 60.7 Å². The smallest absolute Gasteiger partial charge is 0.352 e. The number of rotatable bonds is 7. The van der Waals surface area contributed by atoms with Crippen LogP contribution in [0.15, 0.2) is 60.7 Å². The Labute approximate surface area is 186 Å². The van der Waals surface area contributed by atoms with Crippen LogP contribution in [0.4, 0.5) is 0 Å². The zero-order chi connectivity index (χ0) is 22.7. The molecular weight excluding hydrogens is 406 g/mol. The minimum absolute atomic E-state index is 0.0341. The Morgan fingerprint density at radius 1 is 0.969 bits per heavy atom. The van der Waals surface area contributed by atoms with E-state index in [0.717, 1.165) is 30.7 Å². The van der Waals surface area contributed by atoms with Crippen LogP contribution in [-0.2, 0) is 11.8 Å². The predicted molar refractivity (Wildman–Crippen MR) is 124 cm³/mol. The summed E-state index contributed by atoms with van der Waals surface area (Å²) in [5.41, 5.74) is 2.26. The zero-order valence-electron chi connectivity index (χ0n) is 18.0. The number of aryl methyl sites for hydroxylation is 1. The molecule has 2 N–H and O–H groups in total. The SMILES string of the molecule is Cn1c(C(=O)O)c([C@H](C(=O)O)N2CCN(C/C=C/c3ccccc3)CC2)c2ccccc21. The molecule has 1 fully saturated rings. The number of hydrogen-bond donors (Lipinski definition) is 2. The summed E-state index contributed by atoms with van der Waals surface area (Å²) in [4.78, 5) is 28.6. The molecule has 2 aromatic carbocycles. The number of fused-ring (bicyclic) bond motifs is 1. The fourth-order valence-electron chi connectivity index (χ4n) is 4.53. The molecule has 1 saturated heterocycles. The van der Waals surface area contributed by atoms with Crippen LogP contribution in [0.3, 0.4) is 0 Å². The van der Waals surface area contributed by atoms with Crippen molar-refractivity contribution in [1.29, 1.82) is 0 Å². The number of para-hydroxylation sites is 1. The number of nitrogens with zero attached hydrogens (tertiary/aromatic N) is 3. The molecule has 4 rings (SSSR count). The minimum Gasteiger partial charge on any atom is -0.480 e. The quantitative estimate of drug-likeness (QED) is 0.595. The molecule has 0 spiro atoms. The lowest BCUT2D eigenvalue weighted by atomic mass is 10.00. The maximum Gasteiger partial charge on any atom is 0.352 e. The molecule has 32 heavy (non-hydrogen) atoms. The second-order valence-corrected chi connectivity index (χ2v) is 8.03. The van der Waals surface area contributed by atoms with Gasteiger partial charge in [0.05, 0.1) is 0 Å². The van der Waals surface area contributed by atoms with Gasteiger partial charge in [-0.2, -0.15) is 0 Å². The molecule has 0 unspecified atom stereocenters. The van der Waals surface area contributed by atoms with Crippen LogP contribution in [0, 0.1) is 0 Å². The van der Waals surface area contributed by atoms with E-state index in [1.165, 1.54) is 0 Å². The fourth-order valence-corrected chi connectivity index (χ4v) is 4.53. The lowest BCUT2D eigenvalue weighted by Gasteiger charge is -2.37. The third-order valence-corrected chi connectivity index (χ3v) is 6.10. The van der Waals surface area contributed by atoms with Crippen LogP contribution in [0.5, 0.6) is 0 Å². The van der Waals surface area contributed by atoms with Crippen molar-refractivity contribution in [3.05, 3.63) is 77.5 Å². The molecule has 1 aliphatic rings. The maximum absolute atomic E-state index is 12.4. The van der Waals surface area contributed by atoms with E-state index in [0.29, 0.717) is 24.0 Å². The summed E-state index contributed by atoms with van der Waals surface area (Å²) in [5, 5.41) is 20.7. The second-order valence-electron chi connectivity index (χ2n) is 8.03. The third kappa shape index (κ3) is 4.30. The third-order valence-electron chi connectivity index (χ3n) is 6.10. The van der Waals surface area contributed by atoms with Crippen LogP contribution < -0.4 is 0 Å². The molecule has 1 aliphatic heterocycles. The summed E-state index contributed by atoms with van der Waals surface area (Å²) in [6, 6.07) is 16.4. The molecule has 7 nitrogen and oxygen atoms in total. The average Bonchev–Trinajstić information content (AvgIpc) is 3.08. The molecule has 1 atom stereocenters. The minimum atomic E-state index is -1.12. The highest BCUT2D eigenvalue weighted by Gasteiger charge is 2.36. The lowest BCUT2D eigenvalue weighted by Crippen LogP contribution is -2.49. The van der Waals surface area contributed by atoms with Gasteiger partial charge in [0.15, 0.2) is 0 Å². The van der Waals surface area contributed by atoms with Crippen LogP contribution in [-0.4, -0.2) is 69.2 Å². The molecule has 0 bridgehead atoms. The molecule has 166 valence electrons. The molecule has 0 radical (unpaired) electrons. The van der Waals surface area contributed by atoms with E-state index in [-0.39, 0.29) is 5.69 Å². The normalized spacial score (nSPS) is 16.5. The number of carboxylic acids is 2. The van der Waals surface area contributed by atoms with E-state index >= 15 is 0 Å². The average molecular weight is 434 g/mol. The highest BCUT2D eigenvalue weighted by Crippen LogP contribution is 2.34. The van der Waals surface area contributed by atoms with Crippen molar-refractivity contribution in [3.8, 4) is 0 Å². The number of hydrogen-bond acceptors (Lipinski definition) is 4. The van der Waals surface area contributed by atoms with E-state index in [2.05, 4.69) is 29.2 Å². The Morgan fingerprint density at radius 2 is 1.62 bits per heavy atom. The Bertz CT molecular complexity index is 1140. The van der Waals surface area contributed by atoms with Gasteiger partial charge in [-0.05, 0) is 11.6 Å². The molecule has 0 amide bonds. The van der Waals surface area contributed by atoms with Gasteiger partial charge in [-0.25, -0.2) is 4.79 Å². The molecular formula is C25H27N3O4. The number of aromatic carboxylic acids is 1. The number of aromatic nitrogens is 1. The van der Waals surface area contributed by atoms with E-state index in [1.54, 1.807) is 17.7 Å². The Kier molecular flexibility index (Phi) is 6.39. The lowest BCUT2D eigenvalue weighted by molar-refractivity contribution is -0.144. The van der Waals surface area contributed by atoms with Gasteiger partial charge in [-0.3, -0.25) is 14.6 Å². The van der Waals surface area contributed by atoms with Gasteiger partial charge in [-0.15, -0.1) is 0 Å². The van der Waals surface area contributed by atoms with Crippen molar-refractivity contribution in [1.82, 2.24) is 14.4 Å². The summed E-state index contributed by atoms with van der Waals surface area (Å²) in [7, 11) is 1.67. The Balaban J connectivity index is 1.53. The second kappa shape index (κ2) is 9.38. The standard InChI is InChI=1S/C25H27N3O4/c1-26-20-12-6-5-11-19(20)21(22(26)24(29)30)23(25(31)32)28-16-14-27(15-17-28)13-7-10-18-8-3-2-4-9-18/h2-12,23H,13-17H2,1H3,(H,29,30)(H,31,32)/b10-7+/t23-/m1/s1. The highest BCUT2D eigenvalue weighted by molar-refractivity contribution is 6.01. The van der Waals surface area contributed by atoms with Crippen molar-refractivity contribution < 1.29 is 19.8 Å². The largest absolute Gasteiger partial charge is 0.480 e. The van der Waals surface area contributed by atoms with Crippen molar-refractivity contribution in [2.24, 2.45) is 7.05 Å². The first-order chi connectivity index (χ1) is 15.5. The topological polar surface area (TPSA) is 86.0 Å². The molecule has 3 aromatic rings. The summed E-state index contributed by atoms with van der Waals surface area (Å²) in [5.74, 6) is -2.14. The summed E-state index contributed by atoms with van der Waals surface area (Å²) >= 11 is 0. The number of carbonyl (C=O) groups is 2. The van der Waals surface area contributed by atoms with E-state index < -0.39 is 18.0 Å². The molecule has 0 aliphatic carbocycles. The highest BCUT2D eigenvalue weighted by atomic mass is 16.4. The van der Waals surface area contributed by atoms with Gasteiger partial charge < -0.3 is 14.8 Å². The van der Waals surface area contributed by atoms with Crippen molar-refractivity contribution >= 4 is 28.9 Å². The summed E-state index contributed by atoms with van der Waals surface area (Å²) in [6.45, 7) is 3.33. The van der Waals surface area contributed by atoms with Gasteiger partial charge in [0.2, 0.25) is 0 Å². The first-order valence-corrected chi connectivity index (χ1v) is 10.7. The molecule has 0 saturated carbocycles.